The monoisotopic (exact) mass is 325 g/mol. The first-order valence-electron chi connectivity index (χ1n) is 10.00. The Morgan fingerprint density at radius 2 is 1.57 bits per heavy atom. The van der Waals surface area contributed by atoms with Crippen LogP contribution >= 0.6 is 0 Å². The summed E-state index contributed by atoms with van der Waals surface area (Å²) < 4.78 is 65.8. The second-order valence-electron chi connectivity index (χ2n) is 6.83. The molecule has 1 aromatic rings. The molecule has 3 unspecified atom stereocenters. The van der Waals surface area contributed by atoms with Crippen molar-refractivity contribution in [1.29, 1.82) is 0 Å². The van der Waals surface area contributed by atoms with E-state index in [1.807, 2.05) is 6.08 Å². The summed E-state index contributed by atoms with van der Waals surface area (Å²) in [6.45, 7) is 3.84. The van der Waals surface area contributed by atoms with Gasteiger partial charge in [0, 0.05) is 4.11 Å². The summed E-state index contributed by atoms with van der Waals surface area (Å²) in [5.41, 5.74) is 0.0419. The van der Waals surface area contributed by atoms with E-state index < -0.39 is 36.1 Å². The topological polar surface area (TPSA) is 0 Å². The third-order valence-corrected chi connectivity index (χ3v) is 5.46. The van der Waals surface area contributed by atoms with Crippen molar-refractivity contribution in [1.82, 2.24) is 0 Å². The highest BCUT2D eigenvalue weighted by molar-refractivity contribution is 5.23. The molecule has 2 aliphatic rings. The number of halogens is 3. The molecule has 0 saturated heterocycles. The van der Waals surface area contributed by atoms with Crippen LogP contribution in [0.3, 0.4) is 0 Å². The molecule has 3 atom stereocenters. The van der Waals surface area contributed by atoms with Gasteiger partial charge >= 0.3 is 0 Å². The van der Waals surface area contributed by atoms with Crippen LogP contribution in [0.2, 0.25) is 0 Å². The summed E-state index contributed by atoms with van der Waals surface area (Å²) in [6, 6.07) is 1.69. The van der Waals surface area contributed by atoms with Gasteiger partial charge in [0.1, 0.15) is 0 Å². The highest BCUT2D eigenvalue weighted by Gasteiger charge is 2.31. The van der Waals surface area contributed by atoms with E-state index in [9.17, 15) is 13.2 Å². The van der Waals surface area contributed by atoms with Crippen molar-refractivity contribution < 1.29 is 17.3 Å². The molecule has 0 heterocycles. The Hall–Kier alpha value is -1.25. The number of benzene rings is 1. The van der Waals surface area contributed by atoms with E-state index in [1.165, 1.54) is 0 Å². The molecule has 0 amide bonds. The number of allylic oxidation sites excluding steroid dienone is 1. The maximum Gasteiger partial charge on any atom is 0.194 e. The van der Waals surface area contributed by atoms with Gasteiger partial charge in [0.2, 0.25) is 0 Å². The Balaban J connectivity index is 1.79. The van der Waals surface area contributed by atoms with Crippen molar-refractivity contribution in [2.24, 2.45) is 17.8 Å². The lowest BCUT2D eigenvalue weighted by Crippen LogP contribution is -2.25. The zero-order valence-electron chi connectivity index (χ0n) is 16.2. The molecule has 0 N–H and O–H groups in total. The number of hydrogen-bond acceptors (Lipinski definition) is 0. The third kappa shape index (κ3) is 3.64. The molecule has 2 aliphatic carbocycles. The van der Waals surface area contributed by atoms with Crippen molar-refractivity contribution in [2.45, 2.75) is 57.2 Å². The summed E-state index contributed by atoms with van der Waals surface area (Å²) in [5.74, 6) is -4.14. The summed E-state index contributed by atoms with van der Waals surface area (Å²) in [7, 11) is 0. The molecule has 0 radical (unpaired) electrons. The van der Waals surface area contributed by atoms with Crippen molar-refractivity contribution in [2.75, 3.05) is 0 Å². The molecule has 0 aromatic heterocycles. The average Bonchev–Trinajstić information content (AvgIpc) is 2.58. The SMILES string of the molecule is [2H]C1CC(C2CCC(C=C)CC2)CC([2H])([2H])C1c1cc(F)c(F)c(F)c1. The Bertz CT molecular complexity index is 645. The van der Waals surface area contributed by atoms with E-state index in [1.54, 1.807) is 0 Å². The Labute approximate surface area is 141 Å². The van der Waals surface area contributed by atoms with E-state index in [4.69, 9.17) is 4.11 Å². The van der Waals surface area contributed by atoms with Crippen molar-refractivity contribution in [3.8, 4) is 0 Å². The Morgan fingerprint density at radius 1 is 0.957 bits per heavy atom. The predicted molar refractivity (Wildman–Crippen MR) is 86.7 cm³/mol. The minimum Gasteiger partial charge on any atom is -0.204 e. The minimum atomic E-state index is -1.75. The lowest BCUT2D eigenvalue weighted by molar-refractivity contribution is 0.171. The van der Waals surface area contributed by atoms with Gasteiger partial charge in [0.05, 0.1) is 0 Å². The molecule has 126 valence electrons. The summed E-state index contributed by atoms with van der Waals surface area (Å²) >= 11 is 0. The average molecular weight is 325 g/mol. The van der Waals surface area contributed by atoms with Crippen LogP contribution in [0.25, 0.3) is 0 Å². The number of rotatable bonds is 3. The maximum absolute atomic E-state index is 13.6. The summed E-state index contributed by atoms with van der Waals surface area (Å²) in [4.78, 5) is 0. The number of hydrogen-bond donors (Lipinski definition) is 0. The fraction of sp³-hybridized carbons (Fsp3) is 0.600. The zero-order valence-corrected chi connectivity index (χ0v) is 13.2. The molecule has 0 nitrogen and oxygen atoms in total. The van der Waals surface area contributed by atoms with E-state index >= 15 is 0 Å². The quantitative estimate of drug-likeness (QED) is 0.447. The Morgan fingerprint density at radius 3 is 2.13 bits per heavy atom. The fourth-order valence-corrected chi connectivity index (χ4v) is 3.98. The van der Waals surface area contributed by atoms with Gasteiger partial charge in [-0.2, -0.15) is 0 Å². The predicted octanol–water partition coefficient (Wildman–Crippen LogP) is 6.37. The second kappa shape index (κ2) is 7.11. The largest absolute Gasteiger partial charge is 0.204 e. The molecule has 0 spiro atoms. The molecule has 2 fully saturated rings. The maximum atomic E-state index is 13.6. The first kappa shape index (κ1) is 13.1. The lowest BCUT2D eigenvalue weighted by atomic mass is 9.68. The molecule has 3 rings (SSSR count). The molecule has 0 aliphatic heterocycles. The zero-order chi connectivity index (χ0) is 19.1. The molecule has 0 bridgehead atoms. The van der Waals surface area contributed by atoms with E-state index in [2.05, 4.69) is 6.58 Å². The van der Waals surface area contributed by atoms with Gasteiger partial charge in [0.15, 0.2) is 17.5 Å². The highest BCUT2D eigenvalue weighted by Crippen LogP contribution is 2.44. The van der Waals surface area contributed by atoms with Gasteiger partial charge in [-0.1, -0.05) is 6.08 Å². The van der Waals surface area contributed by atoms with Gasteiger partial charge in [-0.3, -0.25) is 0 Å². The van der Waals surface area contributed by atoms with Crippen LogP contribution in [0.5, 0.6) is 0 Å². The fourth-order valence-electron chi connectivity index (χ4n) is 3.98. The summed E-state index contributed by atoms with van der Waals surface area (Å²) in [6.07, 6.45) is 4.33. The van der Waals surface area contributed by atoms with Crippen LogP contribution < -0.4 is 0 Å². The first-order chi connectivity index (χ1) is 12.2. The van der Waals surface area contributed by atoms with Crippen LogP contribution in [-0.4, -0.2) is 0 Å². The van der Waals surface area contributed by atoms with Crippen molar-refractivity contribution in [3.63, 3.8) is 0 Å². The van der Waals surface area contributed by atoms with Crippen molar-refractivity contribution >= 4 is 0 Å². The van der Waals surface area contributed by atoms with E-state index in [-0.39, 0.29) is 17.9 Å². The smallest absolute Gasteiger partial charge is 0.194 e. The van der Waals surface area contributed by atoms with Gasteiger partial charge in [-0.15, -0.1) is 6.58 Å². The van der Waals surface area contributed by atoms with E-state index in [0.717, 1.165) is 37.8 Å². The second-order valence-corrected chi connectivity index (χ2v) is 6.83. The standard InChI is InChI=1S/C20H25F3/c1-2-13-3-5-14(6-4-13)15-7-9-16(10-8-15)17-11-18(21)20(23)19(22)12-17/h2,11-16H,1,3-10H2/i9D,10D2. The molecular formula is C20H25F3. The molecule has 2 saturated carbocycles. The molecule has 3 heteroatoms. The van der Waals surface area contributed by atoms with Gasteiger partial charge < -0.3 is 0 Å². The molecule has 1 aromatic carbocycles. The van der Waals surface area contributed by atoms with Crippen LogP contribution in [0, 0.1) is 35.2 Å². The van der Waals surface area contributed by atoms with Crippen LogP contribution in [0.1, 0.15) is 66.9 Å². The van der Waals surface area contributed by atoms with Crippen LogP contribution in [0.4, 0.5) is 13.2 Å². The van der Waals surface area contributed by atoms with Crippen LogP contribution in [-0.2, 0) is 0 Å². The van der Waals surface area contributed by atoms with Gasteiger partial charge in [-0.05, 0) is 92.7 Å². The third-order valence-electron chi connectivity index (χ3n) is 5.46. The molecular weight excluding hydrogens is 297 g/mol. The van der Waals surface area contributed by atoms with Gasteiger partial charge in [0.25, 0.3) is 0 Å². The van der Waals surface area contributed by atoms with Crippen LogP contribution in [0.15, 0.2) is 24.8 Å². The highest BCUT2D eigenvalue weighted by atomic mass is 19.2. The van der Waals surface area contributed by atoms with E-state index in [0.29, 0.717) is 18.3 Å². The molecule has 23 heavy (non-hydrogen) atoms. The Kier molecular flexibility index (Phi) is 4.04. The first-order valence-corrected chi connectivity index (χ1v) is 8.42. The van der Waals surface area contributed by atoms with Gasteiger partial charge in [-0.25, -0.2) is 13.2 Å². The minimum absolute atomic E-state index is 0.0419. The summed E-state index contributed by atoms with van der Waals surface area (Å²) in [5, 5.41) is 0. The van der Waals surface area contributed by atoms with Crippen molar-refractivity contribution in [3.05, 3.63) is 47.8 Å². The normalized spacial score (nSPS) is 39.1. The lowest BCUT2D eigenvalue weighted by Gasteiger charge is -2.37.